The van der Waals surface area contributed by atoms with Gasteiger partial charge in [0.05, 0.1) is 11.3 Å². The lowest BCUT2D eigenvalue weighted by atomic mass is 10.1. The number of amides is 1. The standard InChI is InChI=1S/C15H23N3O/c1-3-16-14-10-12(2)17-11-13(14)15(19)18-8-6-4-5-7-9-18/h10-11H,3-9H2,1-2H3,(H,16,17). The first-order valence-electron chi connectivity index (χ1n) is 7.22. The molecule has 4 nitrogen and oxygen atoms in total. The van der Waals surface area contributed by atoms with Gasteiger partial charge in [0.15, 0.2) is 0 Å². The number of carbonyl (C=O) groups excluding carboxylic acids is 1. The maximum atomic E-state index is 12.6. The molecule has 1 aliphatic rings. The van der Waals surface area contributed by atoms with Crippen molar-refractivity contribution in [3.63, 3.8) is 0 Å². The zero-order valence-electron chi connectivity index (χ0n) is 11.9. The summed E-state index contributed by atoms with van der Waals surface area (Å²) < 4.78 is 0. The third-order valence-electron chi connectivity index (χ3n) is 3.53. The molecule has 1 aromatic heterocycles. The Labute approximate surface area is 115 Å². The normalized spacial score (nSPS) is 16.0. The van der Waals surface area contributed by atoms with Gasteiger partial charge in [-0.15, -0.1) is 0 Å². The monoisotopic (exact) mass is 261 g/mol. The zero-order valence-corrected chi connectivity index (χ0v) is 11.9. The van der Waals surface area contributed by atoms with Gasteiger partial charge in [-0.1, -0.05) is 12.8 Å². The fraction of sp³-hybridized carbons (Fsp3) is 0.600. The van der Waals surface area contributed by atoms with Crippen LogP contribution < -0.4 is 5.32 Å². The van der Waals surface area contributed by atoms with Gasteiger partial charge in [-0.05, 0) is 32.8 Å². The SMILES string of the molecule is CCNc1cc(C)ncc1C(=O)N1CCCCCC1. The van der Waals surface area contributed by atoms with Crippen molar-refractivity contribution in [1.29, 1.82) is 0 Å². The Bertz CT molecular complexity index is 437. The fourth-order valence-corrected chi connectivity index (χ4v) is 2.51. The summed E-state index contributed by atoms with van der Waals surface area (Å²) in [5, 5.41) is 3.27. The van der Waals surface area contributed by atoms with Crippen molar-refractivity contribution >= 4 is 11.6 Å². The van der Waals surface area contributed by atoms with E-state index in [1.165, 1.54) is 12.8 Å². The average molecular weight is 261 g/mol. The molecular weight excluding hydrogens is 238 g/mol. The predicted octanol–water partition coefficient (Wildman–Crippen LogP) is 2.84. The number of carbonyl (C=O) groups is 1. The summed E-state index contributed by atoms with van der Waals surface area (Å²) in [5.41, 5.74) is 2.54. The molecule has 1 N–H and O–H groups in total. The number of rotatable bonds is 3. The van der Waals surface area contributed by atoms with Gasteiger partial charge in [-0.25, -0.2) is 0 Å². The van der Waals surface area contributed by atoms with Crippen LogP contribution in [0.15, 0.2) is 12.3 Å². The minimum absolute atomic E-state index is 0.116. The van der Waals surface area contributed by atoms with Crippen molar-refractivity contribution in [1.82, 2.24) is 9.88 Å². The van der Waals surface area contributed by atoms with Crippen LogP contribution in [0.25, 0.3) is 0 Å². The summed E-state index contributed by atoms with van der Waals surface area (Å²) in [7, 11) is 0. The Balaban J connectivity index is 2.21. The van der Waals surface area contributed by atoms with E-state index in [0.29, 0.717) is 5.56 Å². The van der Waals surface area contributed by atoms with Crippen LogP contribution in [-0.2, 0) is 0 Å². The highest BCUT2D eigenvalue weighted by atomic mass is 16.2. The van der Waals surface area contributed by atoms with Gasteiger partial charge < -0.3 is 10.2 Å². The lowest BCUT2D eigenvalue weighted by molar-refractivity contribution is 0.0762. The smallest absolute Gasteiger partial charge is 0.257 e. The average Bonchev–Trinajstić information content (AvgIpc) is 2.67. The molecular formula is C15H23N3O. The summed E-state index contributed by atoms with van der Waals surface area (Å²) >= 11 is 0. The Morgan fingerprint density at radius 3 is 2.63 bits per heavy atom. The lowest BCUT2D eigenvalue weighted by Gasteiger charge is -2.22. The number of pyridine rings is 1. The van der Waals surface area contributed by atoms with E-state index in [1.807, 2.05) is 24.8 Å². The third kappa shape index (κ3) is 3.46. The molecule has 19 heavy (non-hydrogen) atoms. The summed E-state index contributed by atoms with van der Waals surface area (Å²) in [6.07, 6.45) is 6.40. The number of nitrogens with one attached hydrogen (secondary N) is 1. The van der Waals surface area contributed by atoms with Gasteiger partial charge >= 0.3 is 0 Å². The van der Waals surface area contributed by atoms with E-state index in [1.54, 1.807) is 6.20 Å². The molecule has 0 unspecified atom stereocenters. The number of aromatic nitrogens is 1. The minimum Gasteiger partial charge on any atom is -0.385 e. The molecule has 0 radical (unpaired) electrons. The Hall–Kier alpha value is -1.58. The van der Waals surface area contributed by atoms with Crippen molar-refractivity contribution in [2.24, 2.45) is 0 Å². The Kier molecular flexibility index (Phi) is 4.77. The van der Waals surface area contributed by atoms with Crippen molar-refractivity contribution in [3.05, 3.63) is 23.5 Å². The third-order valence-corrected chi connectivity index (χ3v) is 3.53. The number of aryl methyl sites for hydroxylation is 1. The number of anilines is 1. The van der Waals surface area contributed by atoms with Gasteiger partial charge in [-0.2, -0.15) is 0 Å². The van der Waals surface area contributed by atoms with Crippen LogP contribution in [0, 0.1) is 6.92 Å². The molecule has 1 aromatic rings. The molecule has 0 spiro atoms. The van der Waals surface area contributed by atoms with E-state index >= 15 is 0 Å². The lowest BCUT2D eigenvalue weighted by Crippen LogP contribution is -2.32. The molecule has 0 saturated carbocycles. The highest BCUT2D eigenvalue weighted by molar-refractivity contribution is 5.99. The first-order valence-corrected chi connectivity index (χ1v) is 7.22. The maximum Gasteiger partial charge on any atom is 0.257 e. The summed E-state index contributed by atoms with van der Waals surface area (Å²) in [5.74, 6) is 0.116. The number of hydrogen-bond acceptors (Lipinski definition) is 3. The molecule has 4 heteroatoms. The molecule has 1 fully saturated rings. The van der Waals surface area contributed by atoms with Crippen LogP contribution in [0.4, 0.5) is 5.69 Å². The molecule has 2 heterocycles. The van der Waals surface area contributed by atoms with Crippen LogP contribution in [0.5, 0.6) is 0 Å². The van der Waals surface area contributed by atoms with Crippen LogP contribution in [0.3, 0.4) is 0 Å². The molecule has 0 aliphatic carbocycles. The molecule has 2 rings (SSSR count). The van der Waals surface area contributed by atoms with E-state index in [4.69, 9.17) is 0 Å². The van der Waals surface area contributed by atoms with Crippen LogP contribution in [0.2, 0.25) is 0 Å². The van der Waals surface area contributed by atoms with Crippen molar-refractivity contribution in [2.75, 3.05) is 25.0 Å². The highest BCUT2D eigenvalue weighted by Crippen LogP contribution is 2.20. The van der Waals surface area contributed by atoms with Crippen LogP contribution in [-0.4, -0.2) is 35.4 Å². The van der Waals surface area contributed by atoms with Crippen LogP contribution in [0.1, 0.15) is 48.7 Å². The first kappa shape index (κ1) is 13.8. The zero-order chi connectivity index (χ0) is 13.7. The highest BCUT2D eigenvalue weighted by Gasteiger charge is 2.20. The Morgan fingerprint density at radius 2 is 2.00 bits per heavy atom. The van der Waals surface area contributed by atoms with E-state index in [9.17, 15) is 4.79 Å². The topological polar surface area (TPSA) is 45.2 Å². The predicted molar refractivity (Wildman–Crippen MR) is 77.5 cm³/mol. The first-order chi connectivity index (χ1) is 9.22. The summed E-state index contributed by atoms with van der Waals surface area (Å²) in [6, 6.07) is 1.95. The molecule has 104 valence electrons. The minimum atomic E-state index is 0.116. The number of likely N-dealkylation sites (tertiary alicyclic amines) is 1. The molecule has 1 amide bonds. The van der Waals surface area contributed by atoms with Crippen molar-refractivity contribution in [3.8, 4) is 0 Å². The van der Waals surface area contributed by atoms with Crippen molar-refractivity contribution in [2.45, 2.75) is 39.5 Å². The molecule has 1 saturated heterocycles. The second-order valence-electron chi connectivity index (χ2n) is 5.11. The van der Waals surface area contributed by atoms with E-state index in [2.05, 4.69) is 10.3 Å². The fourth-order valence-electron chi connectivity index (χ4n) is 2.51. The molecule has 1 aliphatic heterocycles. The largest absolute Gasteiger partial charge is 0.385 e. The quantitative estimate of drug-likeness (QED) is 0.910. The van der Waals surface area contributed by atoms with Gasteiger partial charge in [0.25, 0.3) is 5.91 Å². The summed E-state index contributed by atoms with van der Waals surface area (Å²) in [4.78, 5) is 18.9. The van der Waals surface area contributed by atoms with Crippen LogP contribution >= 0.6 is 0 Å². The molecule has 0 aromatic carbocycles. The van der Waals surface area contributed by atoms with Crippen molar-refractivity contribution < 1.29 is 4.79 Å². The van der Waals surface area contributed by atoms with E-state index in [0.717, 1.165) is 43.9 Å². The van der Waals surface area contributed by atoms with Gasteiger partial charge in [-0.3, -0.25) is 9.78 Å². The van der Waals surface area contributed by atoms with E-state index < -0.39 is 0 Å². The molecule has 0 atom stereocenters. The number of hydrogen-bond donors (Lipinski definition) is 1. The number of nitrogens with zero attached hydrogens (tertiary/aromatic N) is 2. The maximum absolute atomic E-state index is 12.6. The Morgan fingerprint density at radius 1 is 1.32 bits per heavy atom. The second kappa shape index (κ2) is 6.55. The van der Waals surface area contributed by atoms with Gasteiger partial charge in [0.1, 0.15) is 0 Å². The second-order valence-corrected chi connectivity index (χ2v) is 5.11. The van der Waals surface area contributed by atoms with E-state index in [-0.39, 0.29) is 5.91 Å². The van der Waals surface area contributed by atoms with Gasteiger partial charge in [0, 0.05) is 31.5 Å². The molecule has 0 bridgehead atoms. The van der Waals surface area contributed by atoms with Gasteiger partial charge in [0.2, 0.25) is 0 Å². The summed E-state index contributed by atoms with van der Waals surface area (Å²) in [6.45, 7) is 6.54.